The lowest BCUT2D eigenvalue weighted by Crippen LogP contribution is -2.31. The molecule has 0 aromatic carbocycles. The molecule has 1 saturated carbocycles. The van der Waals surface area contributed by atoms with Gasteiger partial charge in [0, 0.05) is 6.42 Å². The lowest BCUT2D eigenvalue weighted by Gasteiger charge is -2.27. The van der Waals surface area contributed by atoms with Crippen LogP contribution in [-0.4, -0.2) is 38.2 Å². The number of unbranched alkanes of at least 4 members (excludes halogenated alkanes) is 2. The van der Waals surface area contributed by atoms with Crippen LogP contribution in [0.5, 0.6) is 0 Å². The van der Waals surface area contributed by atoms with Gasteiger partial charge in [-0.2, -0.15) is 0 Å². The molecule has 23 heavy (non-hydrogen) atoms. The fraction of sp³-hybridized carbons (Fsp3) is 0.882. The van der Waals surface area contributed by atoms with Gasteiger partial charge < -0.3 is 18.9 Å². The van der Waals surface area contributed by atoms with Gasteiger partial charge in [0.2, 0.25) is 0 Å². The van der Waals surface area contributed by atoms with E-state index in [1.807, 2.05) is 0 Å². The zero-order valence-electron chi connectivity index (χ0n) is 14.5. The molecule has 1 rings (SSSR count). The first-order valence-electron chi connectivity index (χ1n) is 8.59. The fourth-order valence-corrected chi connectivity index (χ4v) is 2.66. The molecule has 6 nitrogen and oxygen atoms in total. The zero-order valence-corrected chi connectivity index (χ0v) is 14.5. The topological polar surface area (TPSA) is 71.1 Å². The zero-order chi connectivity index (χ0) is 17.1. The molecule has 1 aliphatic carbocycles. The Kier molecular flexibility index (Phi) is 9.48. The average Bonchev–Trinajstić information content (AvgIpc) is 2.50. The molecule has 0 spiro atoms. The minimum Gasteiger partial charge on any atom is -0.438 e. The molecule has 0 aromatic rings. The molecule has 0 bridgehead atoms. The van der Waals surface area contributed by atoms with Gasteiger partial charge in [0.15, 0.2) is 0 Å². The maximum Gasteiger partial charge on any atom is 0.508 e. The predicted octanol–water partition coefficient (Wildman–Crippen LogP) is 4.45. The Hall–Kier alpha value is -1.46. The van der Waals surface area contributed by atoms with E-state index in [9.17, 15) is 9.59 Å². The Balaban J connectivity index is 2.12. The summed E-state index contributed by atoms with van der Waals surface area (Å²) in [5, 5.41) is 0. The summed E-state index contributed by atoms with van der Waals surface area (Å²) in [7, 11) is 1.28. The summed E-state index contributed by atoms with van der Waals surface area (Å²) in [6.45, 7) is 4.80. The van der Waals surface area contributed by atoms with E-state index in [2.05, 4.69) is 18.6 Å². The van der Waals surface area contributed by atoms with Crippen LogP contribution in [0.1, 0.15) is 65.2 Å². The maximum absolute atomic E-state index is 11.7. The number of carbonyl (C=O) groups is 2. The van der Waals surface area contributed by atoms with E-state index in [4.69, 9.17) is 14.2 Å². The molecule has 1 fully saturated rings. The number of hydrogen-bond donors (Lipinski definition) is 0. The molecular weight excluding hydrogens is 300 g/mol. The molecule has 6 heteroatoms. The van der Waals surface area contributed by atoms with Crippen molar-refractivity contribution < 1.29 is 28.5 Å². The minimum atomic E-state index is -0.695. The van der Waals surface area contributed by atoms with Crippen LogP contribution in [0.2, 0.25) is 0 Å². The molecule has 0 aromatic heterocycles. The van der Waals surface area contributed by atoms with Crippen molar-refractivity contribution in [3.05, 3.63) is 0 Å². The summed E-state index contributed by atoms with van der Waals surface area (Å²) in [6, 6.07) is 0. The second-order valence-electron chi connectivity index (χ2n) is 6.44. The highest BCUT2D eigenvalue weighted by Crippen LogP contribution is 2.24. The summed E-state index contributed by atoms with van der Waals surface area (Å²) in [4.78, 5) is 22.8. The normalized spacial score (nSPS) is 20.9. The van der Waals surface area contributed by atoms with Crippen LogP contribution in [0.3, 0.4) is 0 Å². The first-order valence-corrected chi connectivity index (χ1v) is 8.59. The Morgan fingerprint density at radius 3 is 2.26 bits per heavy atom. The summed E-state index contributed by atoms with van der Waals surface area (Å²) in [5.74, 6) is 0.715. The van der Waals surface area contributed by atoms with Crippen molar-refractivity contribution in [3.63, 3.8) is 0 Å². The third kappa shape index (κ3) is 9.31. The minimum absolute atomic E-state index is 0.258. The first-order chi connectivity index (χ1) is 11.0. The van der Waals surface area contributed by atoms with Crippen LogP contribution in [0.25, 0.3) is 0 Å². The predicted molar refractivity (Wildman–Crippen MR) is 85.3 cm³/mol. The largest absolute Gasteiger partial charge is 0.508 e. The van der Waals surface area contributed by atoms with Gasteiger partial charge in [0.1, 0.15) is 12.2 Å². The SMILES string of the molecule is COC(=O)OC1CCCC(OC(=O)OCCCCCC(C)C)C1. The van der Waals surface area contributed by atoms with Crippen LogP contribution < -0.4 is 0 Å². The van der Waals surface area contributed by atoms with Gasteiger partial charge in [-0.25, -0.2) is 9.59 Å². The monoisotopic (exact) mass is 330 g/mol. The summed E-state index contributed by atoms with van der Waals surface area (Å²) in [6.07, 6.45) is 5.32. The maximum atomic E-state index is 11.7. The van der Waals surface area contributed by atoms with E-state index in [0.29, 0.717) is 18.9 Å². The molecular formula is C17H30O6. The van der Waals surface area contributed by atoms with Crippen molar-refractivity contribution in [1.29, 1.82) is 0 Å². The van der Waals surface area contributed by atoms with Crippen molar-refractivity contribution in [2.75, 3.05) is 13.7 Å². The number of carbonyl (C=O) groups excluding carboxylic acids is 2. The van der Waals surface area contributed by atoms with Gasteiger partial charge in [0.05, 0.1) is 13.7 Å². The van der Waals surface area contributed by atoms with E-state index in [1.165, 1.54) is 13.5 Å². The van der Waals surface area contributed by atoms with Gasteiger partial charge in [-0.3, -0.25) is 0 Å². The quantitative estimate of drug-likeness (QED) is 0.483. The number of ether oxygens (including phenoxy) is 4. The number of hydrogen-bond acceptors (Lipinski definition) is 6. The van der Waals surface area contributed by atoms with Gasteiger partial charge >= 0.3 is 12.3 Å². The molecule has 0 radical (unpaired) electrons. The Bertz CT molecular complexity index is 355. The lowest BCUT2D eigenvalue weighted by atomic mass is 9.95. The van der Waals surface area contributed by atoms with Gasteiger partial charge in [0.25, 0.3) is 0 Å². The highest BCUT2D eigenvalue weighted by Gasteiger charge is 2.28. The van der Waals surface area contributed by atoms with Crippen LogP contribution in [0.4, 0.5) is 9.59 Å². The first kappa shape index (κ1) is 19.6. The second kappa shape index (κ2) is 11.1. The third-order valence-corrected chi connectivity index (χ3v) is 3.92. The lowest BCUT2D eigenvalue weighted by molar-refractivity contribution is -0.0312. The van der Waals surface area contributed by atoms with Crippen molar-refractivity contribution in [3.8, 4) is 0 Å². The van der Waals surface area contributed by atoms with Crippen molar-refractivity contribution >= 4 is 12.3 Å². The molecule has 0 amide bonds. The van der Waals surface area contributed by atoms with E-state index >= 15 is 0 Å². The van der Waals surface area contributed by atoms with Crippen molar-refractivity contribution in [2.24, 2.45) is 5.92 Å². The Labute approximate surface area is 138 Å². The van der Waals surface area contributed by atoms with Crippen LogP contribution in [0.15, 0.2) is 0 Å². The Morgan fingerprint density at radius 2 is 1.65 bits per heavy atom. The van der Waals surface area contributed by atoms with Crippen molar-refractivity contribution in [2.45, 2.75) is 77.4 Å². The standard InChI is InChI=1S/C17H30O6/c1-13(2)8-5-4-6-11-21-17(19)23-15-10-7-9-14(12-15)22-16(18)20-3/h13-15H,4-12H2,1-3H3. The van der Waals surface area contributed by atoms with Gasteiger partial charge in [-0.15, -0.1) is 0 Å². The molecule has 2 atom stereocenters. The molecule has 2 unspecified atom stereocenters. The average molecular weight is 330 g/mol. The van der Waals surface area contributed by atoms with Crippen LogP contribution in [0, 0.1) is 5.92 Å². The fourth-order valence-electron chi connectivity index (χ4n) is 2.66. The van der Waals surface area contributed by atoms with Gasteiger partial charge in [-0.05, 0) is 31.6 Å². The molecule has 0 aliphatic heterocycles. The van der Waals surface area contributed by atoms with E-state index in [0.717, 1.165) is 38.5 Å². The van der Waals surface area contributed by atoms with Gasteiger partial charge in [-0.1, -0.05) is 33.1 Å². The second-order valence-corrected chi connectivity index (χ2v) is 6.44. The van der Waals surface area contributed by atoms with Crippen LogP contribution in [-0.2, 0) is 18.9 Å². The number of methoxy groups -OCH3 is 1. The molecule has 0 saturated heterocycles. The molecule has 0 heterocycles. The van der Waals surface area contributed by atoms with E-state index in [-0.39, 0.29) is 12.2 Å². The molecule has 134 valence electrons. The van der Waals surface area contributed by atoms with E-state index < -0.39 is 12.3 Å². The highest BCUT2D eigenvalue weighted by molar-refractivity contribution is 5.60. The van der Waals surface area contributed by atoms with Crippen molar-refractivity contribution in [1.82, 2.24) is 0 Å². The summed E-state index contributed by atoms with van der Waals surface area (Å²) in [5.41, 5.74) is 0. The smallest absolute Gasteiger partial charge is 0.438 e. The number of rotatable bonds is 8. The summed E-state index contributed by atoms with van der Waals surface area (Å²) < 4.78 is 20.0. The third-order valence-electron chi connectivity index (χ3n) is 3.92. The molecule has 1 aliphatic rings. The van der Waals surface area contributed by atoms with Crippen LogP contribution >= 0.6 is 0 Å². The Morgan fingerprint density at radius 1 is 1.00 bits per heavy atom. The molecule has 0 N–H and O–H groups in total. The summed E-state index contributed by atoms with van der Waals surface area (Å²) >= 11 is 0. The van der Waals surface area contributed by atoms with E-state index in [1.54, 1.807) is 0 Å². The highest BCUT2D eigenvalue weighted by atomic mass is 16.7.